The Bertz CT molecular complexity index is 999. The fraction of sp³-hybridized carbons (Fsp3) is 0.158. The number of nitrogens with zero attached hydrogens (tertiary/aromatic N) is 3. The molecule has 2 aromatic heterocycles. The number of hydrogen-bond donors (Lipinski definition) is 1. The Labute approximate surface area is 149 Å². The second-order valence-corrected chi connectivity index (χ2v) is 5.89. The van der Waals surface area contributed by atoms with E-state index >= 15 is 0 Å². The fourth-order valence-corrected chi connectivity index (χ4v) is 2.42. The molecule has 0 spiro atoms. The van der Waals surface area contributed by atoms with Gasteiger partial charge in [-0.3, -0.25) is 9.59 Å². The Morgan fingerprint density at radius 1 is 1.15 bits per heavy atom. The van der Waals surface area contributed by atoms with Crippen molar-refractivity contribution in [3.63, 3.8) is 0 Å². The highest BCUT2D eigenvalue weighted by Crippen LogP contribution is 2.17. The van der Waals surface area contributed by atoms with E-state index < -0.39 is 17.5 Å². The molecule has 2 heterocycles. The molecule has 0 saturated heterocycles. The molecule has 0 fully saturated rings. The number of aromatic nitrogens is 3. The maximum atomic E-state index is 13.1. The normalized spacial score (nSPS) is 11.8. The van der Waals surface area contributed by atoms with Crippen molar-refractivity contribution in [3.8, 4) is 11.3 Å². The lowest BCUT2D eigenvalue weighted by Crippen LogP contribution is -2.33. The smallest absolute Gasteiger partial charge is 0.267 e. The van der Waals surface area contributed by atoms with Crippen LogP contribution in [0.25, 0.3) is 11.3 Å². The molecule has 1 atom stereocenters. The summed E-state index contributed by atoms with van der Waals surface area (Å²) in [6, 6.07) is 11.3. The zero-order valence-corrected chi connectivity index (χ0v) is 14.3. The first-order valence-electron chi connectivity index (χ1n) is 8.03. The summed E-state index contributed by atoms with van der Waals surface area (Å²) in [5, 5.41) is 6.93. The number of amides is 1. The van der Waals surface area contributed by atoms with Crippen LogP contribution in [0, 0.1) is 12.7 Å². The predicted octanol–water partition coefficient (Wildman–Crippen LogP) is 2.95. The van der Waals surface area contributed by atoms with E-state index in [4.69, 9.17) is 0 Å². The monoisotopic (exact) mass is 352 g/mol. The first kappa shape index (κ1) is 17.5. The van der Waals surface area contributed by atoms with Crippen molar-refractivity contribution in [3.05, 3.63) is 76.5 Å². The number of hydrogen-bond acceptors (Lipinski definition) is 4. The van der Waals surface area contributed by atoms with Gasteiger partial charge in [0.1, 0.15) is 17.7 Å². The Hall–Kier alpha value is -3.35. The van der Waals surface area contributed by atoms with Crippen LogP contribution < -0.4 is 10.9 Å². The van der Waals surface area contributed by atoms with E-state index in [9.17, 15) is 14.0 Å². The number of carbonyl (C=O) groups is 1. The van der Waals surface area contributed by atoms with E-state index in [1.807, 2.05) is 13.0 Å². The van der Waals surface area contributed by atoms with Crippen molar-refractivity contribution in [1.29, 1.82) is 0 Å². The summed E-state index contributed by atoms with van der Waals surface area (Å²) in [5.41, 5.74) is 1.67. The molecule has 6 nitrogen and oxygen atoms in total. The van der Waals surface area contributed by atoms with Gasteiger partial charge in [0.2, 0.25) is 5.91 Å². The van der Waals surface area contributed by atoms with Crippen LogP contribution in [-0.2, 0) is 4.79 Å². The van der Waals surface area contributed by atoms with Gasteiger partial charge >= 0.3 is 0 Å². The van der Waals surface area contributed by atoms with Crippen LogP contribution >= 0.6 is 0 Å². The van der Waals surface area contributed by atoms with Gasteiger partial charge < -0.3 is 5.32 Å². The largest absolute Gasteiger partial charge is 0.309 e. The van der Waals surface area contributed by atoms with Gasteiger partial charge in [-0.05, 0) is 61.9 Å². The molecule has 0 radical (unpaired) electrons. The summed E-state index contributed by atoms with van der Waals surface area (Å²) >= 11 is 0. The molecule has 0 bridgehead atoms. The zero-order chi connectivity index (χ0) is 18.7. The van der Waals surface area contributed by atoms with Crippen LogP contribution in [0.5, 0.6) is 0 Å². The molecule has 0 aliphatic rings. The molecule has 0 aliphatic carbocycles. The van der Waals surface area contributed by atoms with Crippen molar-refractivity contribution < 1.29 is 9.18 Å². The van der Waals surface area contributed by atoms with E-state index in [2.05, 4.69) is 15.4 Å². The minimum atomic E-state index is -0.842. The van der Waals surface area contributed by atoms with Crippen LogP contribution in [0.4, 0.5) is 10.2 Å². The molecule has 7 heteroatoms. The summed E-state index contributed by atoms with van der Waals surface area (Å²) in [5.74, 6) is -0.362. The summed E-state index contributed by atoms with van der Waals surface area (Å²) in [6.07, 6.45) is 1.59. The standard InChI is InChI=1S/C19H17FN4O2/c1-12-9-10-21-17(11-12)22-19(26)13(2)24-18(25)8-7-16(23-24)14-3-5-15(20)6-4-14/h3-11,13H,1-2H3,(H,21,22,26)/t13-/m1/s1. The Morgan fingerprint density at radius 2 is 1.88 bits per heavy atom. The molecule has 0 saturated carbocycles. The Balaban J connectivity index is 1.87. The van der Waals surface area contributed by atoms with Gasteiger partial charge in [0.25, 0.3) is 5.56 Å². The topological polar surface area (TPSA) is 76.9 Å². The van der Waals surface area contributed by atoms with Crippen LogP contribution in [0.3, 0.4) is 0 Å². The molecule has 1 aromatic carbocycles. The SMILES string of the molecule is Cc1ccnc(NC(=O)[C@@H](C)n2nc(-c3ccc(F)cc3)ccc2=O)c1. The summed E-state index contributed by atoms with van der Waals surface area (Å²) < 4.78 is 14.2. The third-order valence-electron chi connectivity index (χ3n) is 3.88. The van der Waals surface area contributed by atoms with E-state index in [0.29, 0.717) is 17.1 Å². The quantitative estimate of drug-likeness (QED) is 0.783. The van der Waals surface area contributed by atoms with Crippen molar-refractivity contribution in [2.75, 3.05) is 5.32 Å². The predicted molar refractivity (Wildman–Crippen MR) is 96.2 cm³/mol. The number of benzene rings is 1. The maximum absolute atomic E-state index is 13.1. The third kappa shape index (κ3) is 3.83. The number of carbonyl (C=O) groups excluding carboxylic acids is 1. The minimum Gasteiger partial charge on any atom is -0.309 e. The van der Waals surface area contributed by atoms with Gasteiger partial charge in [0, 0.05) is 17.8 Å². The maximum Gasteiger partial charge on any atom is 0.267 e. The van der Waals surface area contributed by atoms with Gasteiger partial charge in [-0.25, -0.2) is 14.1 Å². The van der Waals surface area contributed by atoms with E-state index in [1.165, 1.54) is 18.2 Å². The molecule has 3 aromatic rings. The molecule has 1 N–H and O–H groups in total. The molecular formula is C19H17FN4O2. The van der Waals surface area contributed by atoms with Gasteiger partial charge in [0.05, 0.1) is 5.69 Å². The summed E-state index contributed by atoms with van der Waals surface area (Å²) in [7, 11) is 0. The fourth-order valence-electron chi connectivity index (χ4n) is 2.42. The van der Waals surface area contributed by atoms with Crippen LogP contribution in [0.1, 0.15) is 18.5 Å². The van der Waals surface area contributed by atoms with Gasteiger partial charge in [-0.2, -0.15) is 5.10 Å². The molecule has 26 heavy (non-hydrogen) atoms. The second kappa shape index (κ2) is 7.26. The van der Waals surface area contributed by atoms with E-state index in [0.717, 1.165) is 10.2 Å². The van der Waals surface area contributed by atoms with Crippen molar-refractivity contribution in [1.82, 2.24) is 14.8 Å². The highest BCUT2D eigenvalue weighted by atomic mass is 19.1. The second-order valence-electron chi connectivity index (χ2n) is 5.89. The minimum absolute atomic E-state index is 0.361. The van der Waals surface area contributed by atoms with Crippen molar-refractivity contribution >= 4 is 11.7 Å². The lowest BCUT2D eigenvalue weighted by molar-refractivity contribution is -0.119. The lowest BCUT2D eigenvalue weighted by atomic mass is 10.1. The van der Waals surface area contributed by atoms with Gasteiger partial charge in [-0.1, -0.05) is 0 Å². The molecule has 0 unspecified atom stereocenters. The number of nitrogens with one attached hydrogen (secondary N) is 1. The zero-order valence-electron chi connectivity index (χ0n) is 14.3. The van der Waals surface area contributed by atoms with Gasteiger partial charge in [0.15, 0.2) is 0 Å². The van der Waals surface area contributed by atoms with Crippen molar-refractivity contribution in [2.24, 2.45) is 0 Å². The highest BCUT2D eigenvalue weighted by Gasteiger charge is 2.18. The number of halogens is 1. The first-order valence-corrected chi connectivity index (χ1v) is 8.03. The average molecular weight is 352 g/mol. The van der Waals surface area contributed by atoms with Crippen LogP contribution in [0.2, 0.25) is 0 Å². The lowest BCUT2D eigenvalue weighted by Gasteiger charge is -2.15. The number of aryl methyl sites for hydroxylation is 1. The van der Waals surface area contributed by atoms with Crippen LogP contribution in [-0.4, -0.2) is 20.7 Å². The van der Waals surface area contributed by atoms with Crippen molar-refractivity contribution in [2.45, 2.75) is 19.9 Å². The molecular weight excluding hydrogens is 335 g/mol. The molecule has 132 valence electrons. The van der Waals surface area contributed by atoms with Gasteiger partial charge in [-0.15, -0.1) is 0 Å². The summed E-state index contributed by atoms with van der Waals surface area (Å²) in [4.78, 5) is 28.7. The third-order valence-corrected chi connectivity index (χ3v) is 3.88. The number of anilines is 1. The molecule has 3 rings (SSSR count). The summed E-state index contributed by atoms with van der Waals surface area (Å²) in [6.45, 7) is 3.47. The van der Waals surface area contributed by atoms with Crippen LogP contribution in [0.15, 0.2) is 59.5 Å². The number of pyridine rings is 1. The van der Waals surface area contributed by atoms with E-state index in [1.54, 1.807) is 37.4 Å². The molecule has 0 aliphatic heterocycles. The number of rotatable bonds is 4. The average Bonchev–Trinajstić information content (AvgIpc) is 2.62. The Morgan fingerprint density at radius 3 is 2.58 bits per heavy atom. The highest BCUT2D eigenvalue weighted by molar-refractivity contribution is 5.92. The van der Waals surface area contributed by atoms with E-state index in [-0.39, 0.29) is 5.82 Å². The molecule has 1 amide bonds. The first-order chi connectivity index (χ1) is 12.4. The Kier molecular flexibility index (Phi) is 4.88.